The van der Waals surface area contributed by atoms with Gasteiger partial charge in [0.05, 0.1) is 13.0 Å². The van der Waals surface area contributed by atoms with Crippen LogP contribution in [0.4, 0.5) is 5.69 Å². The van der Waals surface area contributed by atoms with E-state index in [1.807, 2.05) is 0 Å². The first-order valence-electron chi connectivity index (χ1n) is 10.0. The van der Waals surface area contributed by atoms with Gasteiger partial charge in [0.1, 0.15) is 5.54 Å². The van der Waals surface area contributed by atoms with E-state index in [1.165, 1.54) is 7.11 Å². The number of rotatable bonds is 4. The monoisotopic (exact) mass is 402 g/mol. The van der Waals surface area contributed by atoms with Crippen LogP contribution in [0.15, 0.2) is 18.2 Å². The van der Waals surface area contributed by atoms with Gasteiger partial charge in [-0.2, -0.15) is 0 Å². The van der Waals surface area contributed by atoms with E-state index in [1.54, 1.807) is 23.1 Å². The van der Waals surface area contributed by atoms with Crippen LogP contribution < -0.4 is 19.7 Å². The average molecular weight is 402 g/mol. The van der Waals surface area contributed by atoms with Crippen LogP contribution in [0.2, 0.25) is 0 Å². The van der Waals surface area contributed by atoms with E-state index in [9.17, 15) is 14.4 Å². The Labute approximate surface area is 169 Å². The second-order valence-corrected chi connectivity index (χ2v) is 8.19. The molecule has 0 bridgehead atoms. The third-order valence-electron chi connectivity index (χ3n) is 6.23. The lowest BCUT2D eigenvalue weighted by atomic mass is 9.76. The number of carbonyl (C=O) groups is 3. The molecular formula is C21H26N2O6. The standard InChI is InChI=1S/C21H26N2O6/c1-13-5-7-21(8-6-13,20(26)27-2)22-19(25)14-9-18(24)23(11-14)15-3-4-16-17(10-15)29-12-28-16/h3-4,10,13-14H,5-9,11-12H2,1-2H3,(H,22,25)/t13?,14-,21?/m0/s1. The molecule has 1 aromatic carbocycles. The molecule has 29 heavy (non-hydrogen) atoms. The molecular weight excluding hydrogens is 376 g/mol. The summed E-state index contributed by atoms with van der Waals surface area (Å²) >= 11 is 0. The van der Waals surface area contributed by atoms with E-state index >= 15 is 0 Å². The summed E-state index contributed by atoms with van der Waals surface area (Å²) < 4.78 is 15.7. The summed E-state index contributed by atoms with van der Waals surface area (Å²) in [6.07, 6.45) is 2.91. The van der Waals surface area contributed by atoms with Gasteiger partial charge in [-0.3, -0.25) is 9.59 Å². The number of methoxy groups -OCH3 is 1. The van der Waals surface area contributed by atoms with Gasteiger partial charge in [-0.1, -0.05) is 6.92 Å². The molecule has 0 radical (unpaired) electrons. The van der Waals surface area contributed by atoms with Gasteiger partial charge in [-0.25, -0.2) is 4.79 Å². The molecule has 1 aliphatic carbocycles. The minimum Gasteiger partial charge on any atom is -0.467 e. The second-order valence-electron chi connectivity index (χ2n) is 8.19. The Hall–Kier alpha value is -2.77. The minimum atomic E-state index is -0.993. The molecule has 1 saturated carbocycles. The van der Waals surface area contributed by atoms with Gasteiger partial charge in [-0.05, 0) is 43.7 Å². The quantitative estimate of drug-likeness (QED) is 0.775. The normalized spacial score (nSPS) is 28.3. The van der Waals surface area contributed by atoms with Crippen molar-refractivity contribution in [3.8, 4) is 11.5 Å². The second kappa shape index (κ2) is 7.57. The molecule has 3 aliphatic rings. The molecule has 0 unspecified atom stereocenters. The number of nitrogens with one attached hydrogen (secondary N) is 1. The van der Waals surface area contributed by atoms with Gasteiger partial charge >= 0.3 is 5.97 Å². The topological polar surface area (TPSA) is 94.2 Å². The molecule has 2 heterocycles. The highest BCUT2D eigenvalue weighted by Crippen LogP contribution is 2.38. The van der Waals surface area contributed by atoms with E-state index in [0.29, 0.717) is 35.9 Å². The van der Waals surface area contributed by atoms with Crippen molar-refractivity contribution in [2.24, 2.45) is 11.8 Å². The van der Waals surface area contributed by atoms with Crippen molar-refractivity contribution in [3.05, 3.63) is 18.2 Å². The highest BCUT2D eigenvalue weighted by Gasteiger charge is 2.46. The summed E-state index contributed by atoms with van der Waals surface area (Å²) in [7, 11) is 1.34. The number of hydrogen-bond acceptors (Lipinski definition) is 6. The highest BCUT2D eigenvalue weighted by molar-refractivity contribution is 6.01. The predicted molar refractivity (Wildman–Crippen MR) is 104 cm³/mol. The highest BCUT2D eigenvalue weighted by atomic mass is 16.7. The van der Waals surface area contributed by atoms with Gasteiger partial charge in [0, 0.05) is 24.7 Å². The molecule has 8 heteroatoms. The fraction of sp³-hybridized carbons (Fsp3) is 0.571. The molecule has 8 nitrogen and oxygen atoms in total. The molecule has 4 rings (SSSR count). The van der Waals surface area contributed by atoms with E-state index in [0.717, 1.165) is 12.8 Å². The molecule has 156 valence electrons. The Morgan fingerprint density at radius 3 is 2.66 bits per heavy atom. The maximum Gasteiger partial charge on any atom is 0.331 e. The van der Waals surface area contributed by atoms with Crippen molar-refractivity contribution in [3.63, 3.8) is 0 Å². The maximum atomic E-state index is 13.0. The number of ether oxygens (including phenoxy) is 3. The summed E-state index contributed by atoms with van der Waals surface area (Å²) in [6, 6.07) is 5.29. The number of anilines is 1. The van der Waals surface area contributed by atoms with Crippen molar-refractivity contribution in [1.29, 1.82) is 0 Å². The van der Waals surface area contributed by atoms with Gasteiger partial charge in [0.15, 0.2) is 11.5 Å². The molecule has 0 spiro atoms. The first kappa shape index (κ1) is 19.5. The number of amides is 2. The summed E-state index contributed by atoms with van der Waals surface area (Å²) in [6.45, 7) is 2.56. The zero-order chi connectivity index (χ0) is 20.6. The Balaban J connectivity index is 1.46. The van der Waals surface area contributed by atoms with E-state index in [4.69, 9.17) is 14.2 Å². The predicted octanol–water partition coefficient (Wildman–Crippen LogP) is 2.01. The average Bonchev–Trinajstić information content (AvgIpc) is 3.35. The number of carbonyl (C=O) groups excluding carboxylic acids is 3. The van der Waals surface area contributed by atoms with Crippen LogP contribution in [0.25, 0.3) is 0 Å². The number of esters is 1. The fourth-order valence-electron chi connectivity index (χ4n) is 4.35. The molecule has 2 amide bonds. The number of nitrogens with zero attached hydrogens (tertiary/aromatic N) is 1. The molecule has 1 aromatic rings. The lowest BCUT2D eigenvalue weighted by Gasteiger charge is -2.38. The Bertz CT molecular complexity index is 830. The van der Waals surface area contributed by atoms with Crippen molar-refractivity contribution >= 4 is 23.5 Å². The SMILES string of the molecule is COC(=O)C1(NC(=O)[C@H]2CC(=O)N(c3ccc4c(c3)OCO4)C2)CCC(C)CC1. The lowest BCUT2D eigenvalue weighted by molar-refractivity contribution is -0.153. The summed E-state index contributed by atoms with van der Waals surface area (Å²) in [5, 5.41) is 2.94. The van der Waals surface area contributed by atoms with Gasteiger partial charge in [0.25, 0.3) is 0 Å². The third kappa shape index (κ3) is 3.63. The smallest absolute Gasteiger partial charge is 0.331 e. The van der Waals surface area contributed by atoms with E-state index in [-0.39, 0.29) is 31.6 Å². The van der Waals surface area contributed by atoms with Gasteiger partial charge < -0.3 is 24.4 Å². The van der Waals surface area contributed by atoms with Crippen LogP contribution in [0, 0.1) is 11.8 Å². The molecule has 2 aliphatic heterocycles. The zero-order valence-corrected chi connectivity index (χ0v) is 16.7. The largest absolute Gasteiger partial charge is 0.467 e. The summed E-state index contributed by atoms with van der Waals surface area (Å²) in [5.41, 5.74) is -0.322. The summed E-state index contributed by atoms with van der Waals surface area (Å²) in [4.78, 5) is 39.6. The van der Waals surface area contributed by atoms with Crippen LogP contribution in [0.3, 0.4) is 0 Å². The summed E-state index contributed by atoms with van der Waals surface area (Å²) in [5.74, 6) is 0.406. The number of benzene rings is 1. The number of fused-ring (bicyclic) bond motifs is 1. The van der Waals surface area contributed by atoms with Crippen LogP contribution >= 0.6 is 0 Å². The fourth-order valence-corrected chi connectivity index (χ4v) is 4.35. The molecule has 2 fully saturated rings. The van der Waals surface area contributed by atoms with Crippen LogP contribution in [-0.4, -0.2) is 43.8 Å². The third-order valence-corrected chi connectivity index (χ3v) is 6.23. The molecule has 1 atom stereocenters. The van der Waals surface area contributed by atoms with Crippen molar-refractivity contribution < 1.29 is 28.6 Å². The first-order valence-corrected chi connectivity index (χ1v) is 10.0. The Morgan fingerprint density at radius 2 is 1.93 bits per heavy atom. The van der Waals surface area contributed by atoms with Gasteiger partial charge in [-0.15, -0.1) is 0 Å². The molecule has 1 saturated heterocycles. The maximum absolute atomic E-state index is 13.0. The first-order chi connectivity index (χ1) is 13.9. The van der Waals surface area contributed by atoms with Crippen molar-refractivity contribution in [1.82, 2.24) is 5.32 Å². The Kier molecular flexibility index (Phi) is 5.10. The Morgan fingerprint density at radius 1 is 1.21 bits per heavy atom. The molecule has 0 aromatic heterocycles. The van der Waals surface area contributed by atoms with E-state index < -0.39 is 17.4 Å². The van der Waals surface area contributed by atoms with Crippen LogP contribution in [-0.2, 0) is 19.1 Å². The van der Waals surface area contributed by atoms with Crippen molar-refractivity contribution in [2.45, 2.75) is 44.6 Å². The van der Waals surface area contributed by atoms with Crippen LogP contribution in [0.5, 0.6) is 11.5 Å². The lowest BCUT2D eigenvalue weighted by Crippen LogP contribution is -2.58. The van der Waals surface area contributed by atoms with Crippen LogP contribution in [0.1, 0.15) is 39.0 Å². The molecule has 1 N–H and O–H groups in total. The minimum absolute atomic E-state index is 0.105. The number of hydrogen-bond donors (Lipinski definition) is 1. The van der Waals surface area contributed by atoms with Crippen molar-refractivity contribution in [2.75, 3.05) is 25.3 Å². The zero-order valence-electron chi connectivity index (χ0n) is 16.7. The van der Waals surface area contributed by atoms with E-state index in [2.05, 4.69) is 12.2 Å². The van der Waals surface area contributed by atoms with Gasteiger partial charge in [0.2, 0.25) is 18.6 Å².